The van der Waals surface area contributed by atoms with E-state index in [1.807, 2.05) is 13.8 Å². The first-order chi connectivity index (χ1) is 6.68. The van der Waals surface area contributed by atoms with Gasteiger partial charge in [0.25, 0.3) is 0 Å². The zero-order valence-corrected chi connectivity index (χ0v) is 10.5. The molecule has 0 saturated carbocycles. The molecule has 0 aromatic heterocycles. The number of hydrogen-bond acceptors (Lipinski definition) is 3. The van der Waals surface area contributed by atoms with Crippen LogP contribution in [0.2, 0.25) is 0 Å². The van der Waals surface area contributed by atoms with Crippen molar-refractivity contribution in [3.8, 4) is 0 Å². The fraction of sp³-hybridized carbons (Fsp3) is 1.00. The van der Waals surface area contributed by atoms with Crippen LogP contribution in [-0.4, -0.2) is 19.4 Å². The largest absolute Gasteiger partial charge is 0.330 e. The van der Waals surface area contributed by atoms with Crippen molar-refractivity contribution < 1.29 is 13.6 Å². The molecule has 0 saturated heterocycles. The van der Waals surface area contributed by atoms with E-state index in [2.05, 4.69) is 6.92 Å². The second kappa shape index (κ2) is 8.46. The maximum Gasteiger partial charge on any atom is 0.330 e. The highest BCUT2D eigenvalue weighted by Gasteiger charge is 2.22. The van der Waals surface area contributed by atoms with E-state index in [1.54, 1.807) is 0 Å². The van der Waals surface area contributed by atoms with Gasteiger partial charge in [-0.2, -0.15) is 0 Å². The number of hydrogen-bond donors (Lipinski definition) is 0. The molecule has 0 amide bonds. The molecule has 0 rings (SSSR count). The molecular weight excluding hydrogens is 199 g/mol. The molecule has 0 heterocycles. The van der Waals surface area contributed by atoms with E-state index in [0.29, 0.717) is 19.4 Å². The third-order valence-corrected chi connectivity index (χ3v) is 4.10. The summed E-state index contributed by atoms with van der Waals surface area (Å²) in [5, 5.41) is 0. The van der Waals surface area contributed by atoms with E-state index >= 15 is 0 Å². The van der Waals surface area contributed by atoms with Gasteiger partial charge in [0.15, 0.2) is 0 Å². The van der Waals surface area contributed by atoms with E-state index in [0.717, 1.165) is 12.8 Å². The second-order valence-corrected chi connectivity index (χ2v) is 5.42. The Morgan fingerprint density at radius 3 is 1.93 bits per heavy atom. The van der Waals surface area contributed by atoms with Gasteiger partial charge in [0, 0.05) is 0 Å². The second-order valence-electron chi connectivity index (χ2n) is 3.23. The highest BCUT2D eigenvalue weighted by molar-refractivity contribution is 7.53. The van der Waals surface area contributed by atoms with Gasteiger partial charge in [0.2, 0.25) is 0 Å². The Balaban J connectivity index is 3.78. The molecule has 0 atom stereocenters. The molecule has 0 aromatic rings. The van der Waals surface area contributed by atoms with Crippen molar-refractivity contribution in [1.82, 2.24) is 0 Å². The first kappa shape index (κ1) is 14.2. The smallest absolute Gasteiger partial charge is 0.309 e. The topological polar surface area (TPSA) is 35.5 Å². The third kappa shape index (κ3) is 6.58. The number of unbranched alkanes of at least 4 members (excludes halogenated alkanes) is 3. The fourth-order valence-electron chi connectivity index (χ4n) is 1.29. The highest BCUT2D eigenvalue weighted by Crippen LogP contribution is 2.48. The van der Waals surface area contributed by atoms with Gasteiger partial charge in [0.1, 0.15) is 0 Å². The zero-order chi connectivity index (χ0) is 10.9. The van der Waals surface area contributed by atoms with Crippen LogP contribution in [0, 0.1) is 0 Å². The van der Waals surface area contributed by atoms with Crippen molar-refractivity contribution in [1.29, 1.82) is 0 Å². The Morgan fingerprint density at radius 1 is 0.929 bits per heavy atom. The Hall–Kier alpha value is 0.150. The minimum atomic E-state index is -2.76. The molecule has 0 fully saturated rings. The van der Waals surface area contributed by atoms with Gasteiger partial charge in [0.05, 0.1) is 19.4 Å². The summed E-state index contributed by atoms with van der Waals surface area (Å²) in [4.78, 5) is 0. The summed E-state index contributed by atoms with van der Waals surface area (Å²) in [5.74, 6) is 0. The first-order valence-corrected chi connectivity index (χ1v) is 7.29. The van der Waals surface area contributed by atoms with Gasteiger partial charge in [-0.05, 0) is 20.3 Å². The lowest BCUT2D eigenvalue weighted by Crippen LogP contribution is -2.00. The van der Waals surface area contributed by atoms with Crippen LogP contribution in [-0.2, 0) is 13.6 Å². The molecule has 0 aliphatic heterocycles. The monoisotopic (exact) mass is 222 g/mol. The minimum absolute atomic E-state index is 0.463. The summed E-state index contributed by atoms with van der Waals surface area (Å²) >= 11 is 0. The molecule has 14 heavy (non-hydrogen) atoms. The van der Waals surface area contributed by atoms with Crippen LogP contribution >= 0.6 is 7.60 Å². The van der Waals surface area contributed by atoms with Gasteiger partial charge < -0.3 is 9.05 Å². The van der Waals surface area contributed by atoms with E-state index in [9.17, 15) is 4.57 Å². The molecule has 0 radical (unpaired) electrons. The molecule has 3 nitrogen and oxygen atoms in total. The van der Waals surface area contributed by atoms with Crippen LogP contribution in [0.15, 0.2) is 0 Å². The molecule has 4 heteroatoms. The van der Waals surface area contributed by atoms with Gasteiger partial charge in [-0.25, -0.2) is 0 Å². The van der Waals surface area contributed by atoms with Gasteiger partial charge in [-0.1, -0.05) is 26.2 Å². The predicted octanol–water partition coefficient (Wildman–Crippen LogP) is 3.83. The molecule has 0 spiro atoms. The summed E-state index contributed by atoms with van der Waals surface area (Å²) in [6, 6.07) is 0. The summed E-state index contributed by atoms with van der Waals surface area (Å²) in [6.45, 7) is 6.77. The van der Waals surface area contributed by atoms with Gasteiger partial charge in [-0.3, -0.25) is 4.57 Å². The molecular formula is C10H23O3P. The lowest BCUT2D eigenvalue weighted by molar-refractivity contribution is 0.219. The average molecular weight is 222 g/mol. The van der Waals surface area contributed by atoms with Crippen molar-refractivity contribution in [2.45, 2.75) is 46.5 Å². The lowest BCUT2D eigenvalue weighted by Gasteiger charge is -2.16. The van der Waals surface area contributed by atoms with Crippen molar-refractivity contribution in [3.05, 3.63) is 0 Å². The number of rotatable bonds is 9. The third-order valence-electron chi connectivity index (χ3n) is 1.94. The predicted molar refractivity (Wildman–Crippen MR) is 59.9 cm³/mol. The maximum absolute atomic E-state index is 11.9. The van der Waals surface area contributed by atoms with Gasteiger partial charge >= 0.3 is 7.60 Å². The summed E-state index contributed by atoms with van der Waals surface area (Å²) in [5.41, 5.74) is 0. The van der Waals surface area contributed by atoms with Crippen LogP contribution in [0.4, 0.5) is 0 Å². The lowest BCUT2D eigenvalue weighted by atomic mass is 10.2. The SMILES string of the molecule is CCCCCCP(=O)(OCC)OCC. The fourth-order valence-corrected chi connectivity index (χ4v) is 3.02. The molecule has 86 valence electrons. The normalized spacial score (nSPS) is 11.9. The van der Waals surface area contributed by atoms with E-state index in [1.165, 1.54) is 12.8 Å². The first-order valence-electron chi connectivity index (χ1n) is 5.56. The molecule has 0 aliphatic rings. The Morgan fingerprint density at radius 2 is 1.50 bits per heavy atom. The Bertz CT molecular complexity index is 161. The quantitative estimate of drug-likeness (QED) is 0.439. The van der Waals surface area contributed by atoms with Crippen molar-refractivity contribution in [2.24, 2.45) is 0 Å². The van der Waals surface area contributed by atoms with E-state index in [-0.39, 0.29) is 0 Å². The summed E-state index contributed by atoms with van der Waals surface area (Å²) < 4.78 is 22.3. The standard InChI is InChI=1S/C10H23O3P/c1-4-7-8-9-10-14(11,12-5-2)13-6-3/h4-10H2,1-3H3. The Kier molecular flexibility index (Phi) is 8.55. The van der Waals surface area contributed by atoms with Crippen molar-refractivity contribution >= 4 is 7.60 Å². The van der Waals surface area contributed by atoms with Crippen LogP contribution in [0.25, 0.3) is 0 Å². The summed E-state index contributed by atoms with van der Waals surface area (Å²) in [6.07, 6.45) is 4.99. The molecule has 0 bridgehead atoms. The van der Waals surface area contributed by atoms with Crippen LogP contribution in [0.3, 0.4) is 0 Å². The van der Waals surface area contributed by atoms with E-state index in [4.69, 9.17) is 9.05 Å². The van der Waals surface area contributed by atoms with Crippen LogP contribution in [0.5, 0.6) is 0 Å². The van der Waals surface area contributed by atoms with Crippen LogP contribution < -0.4 is 0 Å². The molecule has 0 N–H and O–H groups in total. The van der Waals surface area contributed by atoms with Crippen molar-refractivity contribution in [2.75, 3.05) is 19.4 Å². The van der Waals surface area contributed by atoms with E-state index < -0.39 is 7.60 Å². The Labute approximate surface area is 87.7 Å². The van der Waals surface area contributed by atoms with Crippen LogP contribution in [0.1, 0.15) is 46.5 Å². The highest BCUT2D eigenvalue weighted by atomic mass is 31.2. The minimum Gasteiger partial charge on any atom is -0.309 e. The molecule has 0 aromatic carbocycles. The zero-order valence-electron chi connectivity index (χ0n) is 9.62. The van der Waals surface area contributed by atoms with Gasteiger partial charge in [-0.15, -0.1) is 0 Å². The summed E-state index contributed by atoms with van der Waals surface area (Å²) in [7, 11) is -2.76. The molecule has 0 unspecified atom stereocenters. The average Bonchev–Trinajstić information content (AvgIpc) is 2.13. The van der Waals surface area contributed by atoms with Crippen molar-refractivity contribution in [3.63, 3.8) is 0 Å². The molecule has 0 aliphatic carbocycles. The maximum atomic E-state index is 11.9.